The zero-order valence-electron chi connectivity index (χ0n) is 12.4. The predicted octanol–water partition coefficient (Wildman–Crippen LogP) is 3.60. The molecule has 21 heavy (non-hydrogen) atoms. The molecule has 2 aromatic heterocycles. The Labute approximate surface area is 123 Å². The van der Waals surface area contributed by atoms with E-state index in [0.717, 1.165) is 34.9 Å². The first-order valence-corrected chi connectivity index (χ1v) is 6.90. The van der Waals surface area contributed by atoms with E-state index in [1.54, 1.807) is 6.26 Å². The molecule has 0 amide bonds. The molecule has 0 saturated carbocycles. The van der Waals surface area contributed by atoms with Gasteiger partial charge in [0.25, 0.3) is 0 Å². The molecule has 0 unspecified atom stereocenters. The fourth-order valence-corrected chi connectivity index (χ4v) is 2.28. The fourth-order valence-electron chi connectivity index (χ4n) is 2.28. The highest BCUT2D eigenvalue weighted by Crippen LogP contribution is 2.21. The number of H-pyrrole nitrogens is 1. The largest absolute Gasteiger partial charge is 0.449 e. The Morgan fingerprint density at radius 2 is 1.90 bits per heavy atom. The van der Waals surface area contributed by atoms with Crippen molar-refractivity contribution >= 4 is 5.69 Å². The lowest BCUT2D eigenvalue weighted by atomic mass is 10.1. The summed E-state index contributed by atoms with van der Waals surface area (Å²) < 4.78 is 5.23. The van der Waals surface area contributed by atoms with Crippen molar-refractivity contribution in [2.45, 2.75) is 27.3 Å². The van der Waals surface area contributed by atoms with E-state index in [1.807, 2.05) is 45.0 Å². The first kappa shape index (κ1) is 13.4. The number of hydrogen-bond donors (Lipinski definition) is 2. The van der Waals surface area contributed by atoms with E-state index in [2.05, 4.69) is 20.5 Å². The molecule has 0 aliphatic heterocycles. The molecule has 2 heterocycles. The standard InChI is InChI=1S/C16H18N4O/c1-10-15(11(2)20-19-10)8-17-14-6-4-13(5-7-14)16-9-21-12(3)18-16/h4-7,9,17H,8H2,1-3H3,(H,19,20). The third kappa shape index (κ3) is 2.81. The van der Waals surface area contributed by atoms with Gasteiger partial charge in [-0.25, -0.2) is 4.98 Å². The van der Waals surface area contributed by atoms with Crippen molar-refractivity contribution in [3.05, 3.63) is 53.4 Å². The monoisotopic (exact) mass is 282 g/mol. The first-order chi connectivity index (χ1) is 10.1. The van der Waals surface area contributed by atoms with Gasteiger partial charge in [0.1, 0.15) is 12.0 Å². The van der Waals surface area contributed by atoms with Gasteiger partial charge in [-0.15, -0.1) is 0 Å². The second kappa shape index (κ2) is 5.44. The quantitative estimate of drug-likeness (QED) is 0.767. The normalized spacial score (nSPS) is 10.8. The third-order valence-corrected chi connectivity index (χ3v) is 3.55. The molecule has 2 N–H and O–H groups in total. The van der Waals surface area contributed by atoms with Crippen LogP contribution in [0.3, 0.4) is 0 Å². The van der Waals surface area contributed by atoms with Crippen LogP contribution in [0, 0.1) is 20.8 Å². The second-order valence-electron chi connectivity index (χ2n) is 5.10. The Morgan fingerprint density at radius 3 is 2.48 bits per heavy atom. The van der Waals surface area contributed by atoms with Gasteiger partial charge in [0.05, 0.1) is 5.69 Å². The van der Waals surface area contributed by atoms with E-state index < -0.39 is 0 Å². The third-order valence-electron chi connectivity index (χ3n) is 3.55. The minimum atomic E-state index is 0.679. The van der Waals surface area contributed by atoms with E-state index in [4.69, 9.17) is 4.42 Å². The molecule has 3 rings (SSSR count). The van der Waals surface area contributed by atoms with Crippen LogP contribution in [0.2, 0.25) is 0 Å². The average Bonchev–Trinajstić information content (AvgIpc) is 3.05. The number of benzene rings is 1. The van der Waals surface area contributed by atoms with Crippen LogP contribution in [0.15, 0.2) is 34.9 Å². The van der Waals surface area contributed by atoms with Crippen molar-refractivity contribution in [3.8, 4) is 11.3 Å². The summed E-state index contributed by atoms with van der Waals surface area (Å²) in [6.45, 7) is 6.65. The van der Waals surface area contributed by atoms with E-state index in [9.17, 15) is 0 Å². The van der Waals surface area contributed by atoms with E-state index in [0.29, 0.717) is 5.89 Å². The number of oxazole rings is 1. The Kier molecular flexibility index (Phi) is 3.48. The van der Waals surface area contributed by atoms with Crippen LogP contribution in [-0.4, -0.2) is 15.2 Å². The van der Waals surface area contributed by atoms with E-state index in [1.165, 1.54) is 5.56 Å². The van der Waals surface area contributed by atoms with Crippen LogP contribution in [0.25, 0.3) is 11.3 Å². The summed E-state index contributed by atoms with van der Waals surface area (Å²) in [5.41, 5.74) is 6.34. The highest BCUT2D eigenvalue weighted by Gasteiger charge is 2.06. The Morgan fingerprint density at radius 1 is 1.14 bits per heavy atom. The lowest BCUT2D eigenvalue weighted by Crippen LogP contribution is -2.01. The lowest BCUT2D eigenvalue weighted by Gasteiger charge is -2.07. The van der Waals surface area contributed by atoms with Gasteiger partial charge >= 0.3 is 0 Å². The number of aromatic nitrogens is 3. The van der Waals surface area contributed by atoms with Crippen molar-refractivity contribution in [2.24, 2.45) is 0 Å². The smallest absolute Gasteiger partial charge is 0.191 e. The Hall–Kier alpha value is -2.56. The summed E-state index contributed by atoms with van der Waals surface area (Å²) >= 11 is 0. The fraction of sp³-hybridized carbons (Fsp3) is 0.250. The van der Waals surface area contributed by atoms with Gasteiger partial charge in [-0.3, -0.25) is 5.10 Å². The summed E-state index contributed by atoms with van der Waals surface area (Å²) in [6, 6.07) is 8.16. The molecule has 0 fully saturated rings. The Bertz CT molecular complexity index is 720. The maximum Gasteiger partial charge on any atom is 0.191 e. The number of anilines is 1. The number of aryl methyl sites for hydroxylation is 3. The molecule has 1 aromatic carbocycles. The van der Waals surface area contributed by atoms with Crippen molar-refractivity contribution in [2.75, 3.05) is 5.32 Å². The molecule has 0 atom stereocenters. The van der Waals surface area contributed by atoms with Gasteiger partial charge in [-0.1, -0.05) is 12.1 Å². The molecule has 0 bridgehead atoms. The van der Waals surface area contributed by atoms with Crippen molar-refractivity contribution in [1.82, 2.24) is 15.2 Å². The van der Waals surface area contributed by atoms with E-state index >= 15 is 0 Å². The van der Waals surface area contributed by atoms with Crippen molar-refractivity contribution in [1.29, 1.82) is 0 Å². The number of hydrogen-bond acceptors (Lipinski definition) is 4. The van der Waals surface area contributed by atoms with Gasteiger partial charge in [-0.05, 0) is 26.0 Å². The summed E-state index contributed by atoms with van der Waals surface area (Å²) in [4.78, 5) is 4.32. The van der Waals surface area contributed by atoms with Crippen LogP contribution in [0.5, 0.6) is 0 Å². The molecule has 108 valence electrons. The highest BCUT2D eigenvalue weighted by atomic mass is 16.3. The summed E-state index contributed by atoms with van der Waals surface area (Å²) in [7, 11) is 0. The van der Waals surface area contributed by atoms with Gasteiger partial charge < -0.3 is 9.73 Å². The number of nitrogens with one attached hydrogen (secondary N) is 2. The molecule has 0 saturated heterocycles. The molecule has 0 spiro atoms. The predicted molar refractivity (Wildman–Crippen MR) is 82.1 cm³/mol. The SMILES string of the molecule is Cc1nc(-c2ccc(NCc3c(C)n[nH]c3C)cc2)co1. The number of nitrogens with zero attached hydrogens (tertiary/aromatic N) is 2. The van der Waals surface area contributed by atoms with Crippen LogP contribution < -0.4 is 5.32 Å². The molecule has 5 heteroatoms. The van der Waals surface area contributed by atoms with Crippen LogP contribution >= 0.6 is 0 Å². The summed E-state index contributed by atoms with van der Waals surface area (Å²) in [5, 5.41) is 10.6. The van der Waals surface area contributed by atoms with Gasteiger partial charge in [0, 0.05) is 36.0 Å². The molecule has 0 aliphatic rings. The average molecular weight is 282 g/mol. The zero-order valence-corrected chi connectivity index (χ0v) is 12.4. The lowest BCUT2D eigenvalue weighted by molar-refractivity contribution is 0.521. The second-order valence-corrected chi connectivity index (χ2v) is 5.10. The molecular formula is C16H18N4O. The Balaban J connectivity index is 1.70. The molecular weight excluding hydrogens is 264 g/mol. The topological polar surface area (TPSA) is 66.7 Å². The van der Waals surface area contributed by atoms with Gasteiger partial charge in [-0.2, -0.15) is 5.10 Å². The molecule has 3 aromatic rings. The maximum absolute atomic E-state index is 5.23. The van der Waals surface area contributed by atoms with Crippen LogP contribution in [0.1, 0.15) is 22.8 Å². The van der Waals surface area contributed by atoms with Crippen molar-refractivity contribution in [3.63, 3.8) is 0 Å². The summed E-state index contributed by atoms with van der Waals surface area (Å²) in [5.74, 6) is 0.679. The van der Waals surface area contributed by atoms with Gasteiger partial charge in [0.15, 0.2) is 5.89 Å². The number of aromatic amines is 1. The first-order valence-electron chi connectivity index (χ1n) is 6.90. The molecule has 5 nitrogen and oxygen atoms in total. The maximum atomic E-state index is 5.23. The molecule has 0 radical (unpaired) electrons. The minimum absolute atomic E-state index is 0.679. The van der Waals surface area contributed by atoms with Crippen LogP contribution in [0.4, 0.5) is 5.69 Å². The van der Waals surface area contributed by atoms with E-state index in [-0.39, 0.29) is 0 Å². The number of rotatable bonds is 4. The summed E-state index contributed by atoms with van der Waals surface area (Å²) in [6.07, 6.45) is 1.68. The zero-order chi connectivity index (χ0) is 14.8. The van der Waals surface area contributed by atoms with Gasteiger partial charge in [0.2, 0.25) is 0 Å². The minimum Gasteiger partial charge on any atom is -0.449 e. The molecule has 0 aliphatic carbocycles. The highest BCUT2D eigenvalue weighted by molar-refractivity contribution is 5.61. The van der Waals surface area contributed by atoms with Crippen LogP contribution in [-0.2, 0) is 6.54 Å². The van der Waals surface area contributed by atoms with Crippen molar-refractivity contribution < 1.29 is 4.42 Å².